The number of hydrogen-bond acceptors (Lipinski definition) is 14. The van der Waals surface area contributed by atoms with Gasteiger partial charge in [-0.3, -0.25) is 4.79 Å². The molecule has 2 aliphatic rings. The van der Waals surface area contributed by atoms with E-state index in [2.05, 4.69) is 50.3 Å². The molecular weight excluding hydrogens is 873 g/mol. The van der Waals surface area contributed by atoms with Gasteiger partial charge in [0.25, 0.3) is 0 Å². The second-order valence-corrected chi connectivity index (χ2v) is 19.0. The zero-order valence-electron chi connectivity index (χ0n) is 42.3. The van der Waals surface area contributed by atoms with Crippen LogP contribution < -0.4 is 0 Å². The molecule has 2 heterocycles. The Bertz CT molecular complexity index is 1260. The van der Waals surface area contributed by atoms with Crippen LogP contribution >= 0.6 is 0 Å². The zero-order chi connectivity index (χ0) is 49.5. The van der Waals surface area contributed by atoms with Crippen LogP contribution in [0.3, 0.4) is 0 Å². The number of allylic oxidation sites excluding steroid dienone is 6. The quantitative estimate of drug-likeness (QED) is 0.0173. The van der Waals surface area contributed by atoms with Crippen LogP contribution in [0.4, 0.5) is 0 Å². The molecule has 68 heavy (non-hydrogen) atoms. The van der Waals surface area contributed by atoms with Gasteiger partial charge in [-0.25, -0.2) is 0 Å². The summed E-state index contributed by atoms with van der Waals surface area (Å²) in [6.07, 6.45) is 30.6. The molecule has 0 aromatic heterocycles. The van der Waals surface area contributed by atoms with Crippen LogP contribution in [-0.4, -0.2) is 142 Å². The van der Waals surface area contributed by atoms with E-state index >= 15 is 0 Å². The third-order valence-electron chi connectivity index (χ3n) is 12.9. The maximum Gasteiger partial charge on any atom is 0.306 e. The molecule has 7 N–H and O–H groups in total. The van der Waals surface area contributed by atoms with E-state index in [1.807, 2.05) is 0 Å². The number of ether oxygens (including phenoxy) is 6. The van der Waals surface area contributed by atoms with Crippen LogP contribution in [0, 0.1) is 0 Å². The van der Waals surface area contributed by atoms with Gasteiger partial charge in [-0.1, -0.05) is 185 Å². The van der Waals surface area contributed by atoms with E-state index in [0.717, 1.165) is 64.2 Å². The summed E-state index contributed by atoms with van der Waals surface area (Å²) < 4.78 is 34.3. The first kappa shape index (κ1) is 62.3. The predicted molar refractivity (Wildman–Crippen MR) is 266 cm³/mol. The minimum atomic E-state index is -1.71. The summed E-state index contributed by atoms with van der Waals surface area (Å²) in [5.41, 5.74) is 0. The SMILES string of the molecule is CC/C=C\C/C=C\C/C=C\CCCCCCCCCCOCC(COC1OC(COC2OC(CO)C(O)C(O)C2O)C(O)C(O)C1O)OC(=O)CCCCCCCCCCCCCCCCCC. The van der Waals surface area contributed by atoms with Gasteiger partial charge in [0.2, 0.25) is 0 Å². The fourth-order valence-electron chi connectivity index (χ4n) is 8.54. The number of esters is 1. The third kappa shape index (κ3) is 28.9. The van der Waals surface area contributed by atoms with Crippen molar-refractivity contribution in [1.29, 1.82) is 0 Å². The Morgan fingerprint density at radius 1 is 0.500 bits per heavy atom. The average molecular weight is 971 g/mol. The number of aliphatic hydroxyl groups excluding tert-OH is 7. The summed E-state index contributed by atoms with van der Waals surface area (Å²) in [7, 11) is 0. The first-order valence-corrected chi connectivity index (χ1v) is 27.1. The first-order valence-electron chi connectivity index (χ1n) is 27.1. The highest BCUT2D eigenvalue weighted by atomic mass is 16.7. The molecule has 2 aliphatic heterocycles. The Morgan fingerprint density at radius 3 is 1.50 bits per heavy atom. The molecule has 0 aliphatic carbocycles. The Hall–Kier alpha value is -1.79. The normalized spacial score (nSPS) is 26.1. The van der Waals surface area contributed by atoms with E-state index in [1.165, 1.54) is 109 Å². The first-order chi connectivity index (χ1) is 33.1. The van der Waals surface area contributed by atoms with Crippen molar-refractivity contribution >= 4 is 5.97 Å². The summed E-state index contributed by atoms with van der Waals surface area (Å²) in [5.74, 6) is -0.377. The van der Waals surface area contributed by atoms with Crippen molar-refractivity contribution in [3.8, 4) is 0 Å². The van der Waals surface area contributed by atoms with E-state index in [9.17, 15) is 40.5 Å². The summed E-state index contributed by atoms with van der Waals surface area (Å²) in [5, 5.41) is 72.2. The summed E-state index contributed by atoms with van der Waals surface area (Å²) >= 11 is 0. The maximum atomic E-state index is 13.0. The van der Waals surface area contributed by atoms with Crippen LogP contribution in [0.2, 0.25) is 0 Å². The van der Waals surface area contributed by atoms with Crippen molar-refractivity contribution in [3.05, 3.63) is 36.5 Å². The zero-order valence-corrected chi connectivity index (χ0v) is 42.3. The lowest BCUT2D eigenvalue weighted by molar-refractivity contribution is -0.332. The lowest BCUT2D eigenvalue weighted by atomic mass is 9.98. The second-order valence-electron chi connectivity index (χ2n) is 19.0. The molecule has 0 bridgehead atoms. The number of carbonyl (C=O) groups excluding carboxylic acids is 1. The van der Waals surface area contributed by atoms with Crippen molar-refractivity contribution in [2.45, 2.75) is 268 Å². The molecule has 0 amide bonds. The topological polar surface area (TPSA) is 214 Å². The molecule has 11 unspecified atom stereocenters. The molecule has 2 fully saturated rings. The molecule has 2 rings (SSSR count). The molecule has 0 aromatic rings. The second kappa shape index (κ2) is 41.8. The van der Waals surface area contributed by atoms with E-state index in [4.69, 9.17) is 28.4 Å². The van der Waals surface area contributed by atoms with Crippen LogP contribution in [0.5, 0.6) is 0 Å². The van der Waals surface area contributed by atoms with E-state index in [1.54, 1.807) is 0 Å². The van der Waals surface area contributed by atoms with Gasteiger partial charge in [-0.2, -0.15) is 0 Å². The lowest BCUT2D eigenvalue weighted by Crippen LogP contribution is -2.61. The Balaban J connectivity index is 1.75. The van der Waals surface area contributed by atoms with E-state index < -0.39 is 80.7 Å². The van der Waals surface area contributed by atoms with Crippen molar-refractivity contribution in [2.75, 3.05) is 33.0 Å². The van der Waals surface area contributed by atoms with E-state index in [0.29, 0.717) is 13.0 Å². The van der Waals surface area contributed by atoms with Gasteiger partial charge in [0.1, 0.15) is 54.9 Å². The summed E-state index contributed by atoms with van der Waals surface area (Å²) in [4.78, 5) is 13.0. The summed E-state index contributed by atoms with van der Waals surface area (Å²) in [6.45, 7) is 3.58. The smallest absolute Gasteiger partial charge is 0.306 e. The molecule has 0 spiro atoms. The molecule has 398 valence electrons. The Labute approximate surface area is 410 Å². The number of carbonyl (C=O) groups is 1. The molecule has 2 saturated heterocycles. The van der Waals surface area contributed by atoms with Crippen molar-refractivity contribution in [1.82, 2.24) is 0 Å². The van der Waals surface area contributed by atoms with Gasteiger partial charge in [0, 0.05) is 13.0 Å². The van der Waals surface area contributed by atoms with Crippen LogP contribution in [0.25, 0.3) is 0 Å². The van der Waals surface area contributed by atoms with Gasteiger partial charge in [-0.15, -0.1) is 0 Å². The number of aliphatic hydroxyl groups is 7. The van der Waals surface area contributed by atoms with Crippen LogP contribution in [0.1, 0.15) is 200 Å². The number of hydrogen-bond donors (Lipinski definition) is 7. The van der Waals surface area contributed by atoms with Gasteiger partial charge < -0.3 is 64.2 Å². The minimum absolute atomic E-state index is 0.0589. The largest absolute Gasteiger partial charge is 0.457 e. The fraction of sp³-hybridized carbons (Fsp3) is 0.870. The van der Waals surface area contributed by atoms with Crippen molar-refractivity contribution < 1.29 is 69.0 Å². The van der Waals surface area contributed by atoms with Crippen LogP contribution in [0.15, 0.2) is 36.5 Å². The molecule has 0 saturated carbocycles. The number of unbranched alkanes of at least 4 members (excludes halogenated alkanes) is 23. The van der Waals surface area contributed by atoms with Crippen molar-refractivity contribution in [3.63, 3.8) is 0 Å². The third-order valence-corrected chi connectivity index (χ3v) is 12.9. The molecule has 11 atom stereocenters. The highest BCUT2D eigenvalue weighted by Crippen LogP contribution is 2.26. The van der Waals surface area contributed by atoms with Gasteiger partial charge in [0.05, 0.1) is 26.4 Å². The molecular formula is C54H98O14. The van der Waals surface area contributed by atoms with Gasteiger partial charge in [-0.05, 0) is 44.9 Å². The van der Waals surface area contributed by atoms with Crippen LogP contribution in [-0.2, 0) is 33.2 Å². The molecule has 0 aromatic carbocycles. The highest BCUT2D eigenvalue weighted by molar-refractivity contribution is 5.69. The highest BCUT2D eigenvalue weighted by Gasteiger charge is 2.47. The van der Waals surface area contributed by atoms with Crippen molar-refractivity contribution in [2.24, 2.45) is 0 Å². The van der Waals surface area contributed by atoms with E-state index in [-0.39, 0.29) is 25.6 Å². The molecule has 14 nitrogen and oxygen atoms in total. The number of rotatable bonds is 43. The summed E-state index contributed by atoms with van der Waals surface area (Å²) in [6, 6.07) is 0. The monoisotopic (exact) mass is 971 g/mol. The standard InChI is InChI=1S/C54H98O14/c1-3-5-7-9-11-13-15-17-19-21-22-24-26-28-30-32-34-36-38-63-40-43(66-46(56)37-35-33-31-29-27-25-23-20-18-16-14-12-10-8-6-4-2)41-64-53-52(62)50(60)48(58)45(68-53)42-65-54-51(61)49(59)47(57)44(39-55)67-54/h5,7,11,13,17,19,43-45,47-55,57-62H,3-4,6,8-10,12,14-16,18,20-42H2,1-2H3/b7-5-,13-11-,19-17-. The van der Waals surface area contributed by atoms with Gasteiger partial charge >= 0.3 is 5.97 Å². The minimum Gasteiger partial charge on any atom is -0.457 e. The Morgan fingerprint density at radius 2 is 0.956 bits per heavy atom. The molecule has 14 heteroatoms. The Kier molecular flexibility index (Phi) is 38.3. The fourth-order valence-corrected chi connectivity index (χ4v) is 8.54. The maximum absolute atomic E-state index is 13.0. The lowest BCUT2D eigenvalue weighted by Gasteiger charge is -2.42. The average Bonchev–Trinajstić information content (AvgIpc) is 3.33. The predicted octanol–water partition coefficient (Wildman–Crippen LogP) is 8.58. The molecule has 0 radical (unpaired) electrons. The van der Waals surface area contributed by atoms with Gasteiger partial charge in [0.15, 0.2) is 12.6 Å².